The average Bonchev–Trinajstić information content (AvgIpc) is 3.26. The molecule has 1 aliphatic rings. The molecule has 7 heteroatoms. The number of nitrogens with one attached hydrogen (secondary N) is 1. The molecule has 0 radical (unpaired) electrons. The van der Waals surface area contributed by atoms with E-state index in [-0.39, 0.29) is 43.4 Å². The van der Waals surface area contributed by atoms with Gasteiger partial charge in [0.1, 0.15) is 11.9 Å². The first kappa shape index (κ1) is 23.6. The number of rotatable bonds is 10. The predicted molar refractivity (Wildman–Crippen MR) is 120 cm³/mol. The first-order chi connectivity index (χ1) is 15.4. The van der Waals surface area contributed by atoms with E-state index in [4.69, 9.17) is 9.47 Å². The lowest BCUT2D eigenvalue weighted by atomic mass is 10.1. The number of carbonyl (C=O) groups is 2. The summed E-state index contributed by atoms with van der Waals surface area (Å²) in [4.78, 5) is 27.8. The highest BCUT2D eigenvalue weighted by Crippen LogP contribution is 2.32. The summed E-state index contributed by atoms with van der Waals surface area (Å²) in [5.41, 5.74) is 1.74. The Hall–Kier alpha value is -3.09. The van der Waals surface area contributed by atoms with Gasteiger partial charge < -0.3 is 19.7 Å². The number of fused-ring (bicyclic) bond motifs is 1. The molecule has 6 nitrogen and oxygen atoms in total. The molecule has 0 fully saturated rings. The Balaban J connectivity index is 1.75. The average molecular weight is 443 g/mol. The second kappa shape index (κ2) is 11.0. The molecule has 0 aliphatic carbocycles. The zero-order valence-corrected chi connectivity index (χ0v) is 18.9. The van der Waals surface area contributed by atoms with Gasteiger partial charge >= 0.3 is 0 Å². The molecule has 172 valence electrons. The SMILES string of the molecule is CCC(C)NC(=O)C(CC)N(Cc1ccc(F)cc1)C(=O)CCc1ccc2c(c1)OCO2. The number of hydrogen-bond acceptors (Lipinski definition) is 4. The minimum atomic E-state index is -0.599. The van der Waals surface area contributed by atoms with Crippen molar-refractivity contribution in [1.82, 2.24) is 10.2 Å². The fraction of sp³-hybridized carbons (Fsp3) is 0.440. The topological polar surface area (TPSA) is 67.9 Å². The predicted octanol–water partition coefficient (Wildman–Crippen LogP) is 4.21. The smallest absolute Gasteiger partial charge is 0.243 e. The number of aryl methyl sites for hydroxylation is 1. The van der Waals surface area contributed by atoms with E-state index >= 15 is 0 Å². The summed E-state index contributed by atoms with van der Waals surface area (Å²) in [6.45, 7) is 6.28. The number of hydrogen-bond donors (Lipinski definition) is 1. The number of amides is 2. The molecule has 0 saturated carbocycles. The first-order valence-corrected chi connectivity index (χ1v) is 11.1. The van der Waals surface area contributed by atoms with Gasteiger partial charge in [-0.15, -0.1) is 0 Å². The van der Waals surface area contributed by atoms with Crippen molar-refractivity contribution >= 4 is 11.8 Å². The molecule has 2 aromatic carbocycles. The fourth-order valence-corrected chi connectivity index (χ4v) is 3.64. The van der Waals surface area contributed by atoms with Gasteiger partial charge in [0, 0.05) is 19.0 Å². The molecule has 2 atom stereocenters. The van der Waals surface area contributed by atoms with Crippen LogP contribution in [0.1, 0.15) is 51.2 Å². The number of carbonyl (C=O) groups excluding carboxylic acids is 2. The second-order valence-corrected chi connectivity index (χ2v) is 8.08. The van der Waals surface area contributed by atoms with Crippen molar-refractivity contribution < 1.29 is 23.5 Å². The quantitative estimate of drug-likeness (QED) is 0.599. The highest BCUT2D eigenvalue weighted by atomic mass is 19.1. The van der Waals surface area contributed by atoms with Crippen LogP contribution in [0, 0.1) is 5.82 Å². The van der Waals surface area contributed by atoms with Crippen LogP contribution in [-0.2, 0) is 22.6 Å². The Morgan fingerprint density at radius 1 is 1.03 bits per heavy atom. The lowest BCUT2D eigenvalue weighted by Gasteiger charge is -2.31. The minimum absolute atomic E-state index is 0.0213. The van der Waals surface area contributed by atoms with Crippen molar-refractivity contribution in [2.24, 2.45) is 0 Å². The Bertz CT molecular complexity index is 932. The molecule has 2 amide bonds. The normalized spacial score (nSPS) is 14.0. The maximum atomic E-state index is 13.4. The van der Waals surface area contributed by atoms with E-state index in [0.717, 1.165) is 17.5 Å². The van der Waals surface area contributed by atoms with Crippen molar-refractivity contribution in [3.05, 3.63) is 59.4 Å². The van der Waals surface area contributed by atoms with Crippen LogP contribution in [0.15, 0.2) is 42.5 Å². The molecule has 1 N–H and O–H groups in total. The molecular formula is C25H31FN2O4. The summed E-state index contributed by atoms with van der Waals surface area (Å²) in [5, 5.41) is 2.99. The zero-order chi connectivity index (χ0) is 23.1. The number of nitrogens with zero attached hydrogens (tertiary/aromatic N) is 1. The van der Waals surface area contributed by atoms with Gasteiger partial charge in [0.2, 0.25) is 18.6 Å². The van der Waals surface area contributed by atoms with Crippen LogP contribution in [-0.4, -0.2) is 35.6 Å². The highest BCUT2D eigenvalue weighted by Gasteiger charge is 2.29. The molecular weight excluding hydrogens is 411 g/mol. The second-order valence-electron chi connectivity index (χ2n) is 8.08. The third-order valence-electron chi connectivity index (χ3n) is 5.72. The molecule has 2 unspecified atom stereocenters. The Kier molecular flexibility index (Phi) is 8.09. The van der Waals surface area contributed by atoms with E-state index in [0.29, 0.717) is 24.3 Å². The van der Waals surface area contributed by atoms with E-state index in [1.165, 1.54) is 12.1 Å². The summed E-state index contributed by atoms with van der Waals surface area (Å²) in [5.74, 6) is 0.748. The van der Waals surface area contributed by atoms with Crippen LogP contribution in [0.2, 0.25) is 0 Å². The van der Waals surface area contributed by atoms with Gasteiger partial charge in [0.15, 0.2) is 11.5 Å². The van der Waals surface area contributed by atoms with Crippen LogP contribution in [0.3, 0.4) is 0 Å². The lowest BCUT2D eigenvalue weighted by Crippen LogP contribution is -2.50. The fourth-order valence-electron chi connectivity index (χ4n) is 3.64. The summed E-state index contributed by atoms with van der Waals surface area (Å²) < 4.78 is 24.1. The van der Waals surface area contributed by atoms with Crippen molar-refractivity contribution in [2.75, 3.05) is 6.79 Å². The molecule has 1 aliphatic heterocycles. The van der Waals surface area contributed by atoms with Crippen molar-refractivity contribution in [3.63, 3.8) is 0 Å². The Morgan fingerprint density at radius 2 is 1.72 bits per heavy atom. The van der Waals surface area contributed by atoms with E-state index < -0.39 is 6.04 Å². The number of halogens is 1. The van der Waals surface area contributed by atoms with Gasteiger partial charge in [-0.1, -0.05) is 32.0 Å². The number of ether oxygens (including phenoxy) is 2. The van der Waals surface area contributed by atoms with E-state index in [9.17, 15) is 14.0 Å². The van der Waals surface area contributed by atoms with Crippen LogP contribution >= 0.6 is 0 Å². The van der Waals surface area contributed by atoms with Gasteiger partial charge in [0.05, 0.1) is 0 Å². The van der Waals surface area contributed by atoms with Gasteiger partial charge in [-0.05, 0) is 61.6 Å². The van der Waals surface area contributed by atoms with Crippen molar-refractivity contribution in [1.29, 1.82) is 0 Å². The number of benzene rings is 2. The molecule has 3 rings (SSSR count). The molecule has 0 saturated heterocycles. The van der Waals surface area contributed by atoms with Crippen molar-refractivity contribution in [2.45, 2.75) is 65.1 Å². The summed E-state index contributed by atoms with van der Waals surface area (Å²) in [7, 11) is 0. The van der Waals surface area contributed by atoms with Gasteiger partial charge in [0.25, 0.3) is 0 Å². The maximum Gasteiger partial charge on any atom is 0.243 e. The standard InChI is InChI=1S/C25H31FN2O4/c1-4-17(3)27-25(30)21(5-2)28(15-19-6-10-20(26)11-7-19)24(29)13-9-18-8-12-22-23(14-18)32-16-31-22/h6-8,10-12,14,17,21H,4-5,9,13,15-16H2,1-3H3,(H,27,30). The van der Waals surface area contributed by atoms with Crippen LogP contribution in [0.25, 0.3) is 0 Å². The van der Waals surface area contributed by atoms with Gasteiger partial charge in [-0.25, -0.2) is 4.39 Å². The summed E-state index contributed by atoms with van der Waals surface area (Å²) in [6.07, 6.45) is 2.05. The molecule has 2 aromatic rings. The molecule has 0 spiro atoms. The maximum absolute atomic E-state index is 13.4. The highest BCUT2D eigenvalue weighted by molar-refractivity contribution is 5.88. The van der Waals surface area contributed by atoms with Crippen molar-refractivity contribution in [3.8, 4) is 11.5 Å². The van der Waals surface area contributed by atoms with E-state index in [1.54, 1.807) is 17.0 Å². The Labute approximate surface area is 188 Å². The molecule has 1 heterocycles. The van der Waals surface area contributed by atoms with Crippen LogP contribution in [0.4, 0.5) is 4.39 Å². The molecule has 0 bridgehead atoms. The zero-order valence-electron chi connectivity index (χ0n) is 18.9. The Morgan fingerprint density at radius 3 is 2.41 bits per heavy atom. The summed E-state index contributed by atoms with van der Waals surface area (Å²) in [6, 6.07) is 11.1. The summed E-state index contributed by atoms with van der Waals surface area (Å²) >= 11 is 0. The first-order valence-electron chi connectivity index (χ1n) is 11.1. The van der Waals surface area contributed by atoms with E-state index in [1.807, 2.05) is 39.0 Å². The monoisotopic (exact) mass is 442 g/mol. The largest absolute Gasteiger partial charge is 0.454 e. The minimum Gasteiger partial charge on any atom is -0.454 e. The third-order valence-corrected chi connectivity index (χ3v) is 5.72. The van der Waals surface area contributed by atoms with Crippen LogP contribution < -0.4 is 14.8 Å². The van der Waals surface area contributed by atoms with E-state index in [2.05, 4.69) is 5.32 Å². The van der Waals surface area contributed by atoms with Crippen LogP contribution in [0.5, 0.6) is 11.5 Å². The molecule has 0 aromatic heterocycles. The third kappa shape index (κ3) is 5.99. The van der Waals surface area contributed by atoms with Gasteiger partial charge in [-0.3, -0.25) is 9.59 Å². The lowest BCUT2D eigenvalue weighted by molar-refractivity contribution is -0.141. The van der Waals surface area contributed by atoms with Gasteiger partial charge in [-0.2, -0.15) is 0 Å². The molecule has 32 heavy (non-hydrogen) atoms.